The summed E-state index contributed by atoms with van der Waals surface area (Å²) in [5.74, 6) is 0.813. The van der Waals surface area contributed by atoms with Crippen LogP contribution in [0.1, 0.15) is 50.6 Å². The van der Waals surface area contributed by atoms with E-state index in [0.29, 0.717) is 6.04 Å². The fraction of sp³-hybridized carbons (Fsp3) is 0.474. The van der Waals surface area contributed by atoms with Gasteiger partial charge in [0.1, 0.15) is 5.82 Å². The van der Waals surface area contributed by atoms with Gasteiger partial charge in [-0.3, -0.25) is 0 Å². The Morgan fingerprint density at radius 3 is 2.62 bits per heavy atom. The largest absolute Gasteiger partial charge is 0.310 e. The van der Waals surface area contributed by atoms with Crippen LogP contribution in [0.2, 0.25) is 0 Å². The van der Waals surface area contributed by atoms with Crippen molar-refractivity contribution < 1.29 is 4.39 Å². The Kier molecular flexibility index (Phi) is 4.54. The molecule has 2 heteroatoms. The SMILES string of the molecule is CCCNC(CCC1CC1)c1ccc(F)c2ccccc12. The Morgan fingerprint density at radius 2 is 1.90 bits per heavy atom. The second kappa shape index (κ2) is 6.57. The Bertz CT molecular complexity index is 604. The van der Waals surface area contributed by atoms with Gasteiger partial charge in [0.15, 0.2) is 0 Å². The first-order valence-electron chi connectivity index (χ1n) is 8.20. The van der Waals surface area contributed by atoms with Gasteiger partial charge >= 0.3 is 0 Å². The molecule has 21 heavy (non-hydrogen) atoms. The monoisotopic (exact) mass is 285 g/mol. The molecule has 0 saturated heterocycles. The molecule has 0 aromatic heterocycles. The van der Waals surface area contributed by atoms with E-state index in [9.17, 15) is 4.39 Å². The molecule has 1 saturated carbocycles. The molecule has 112 valence electrons. The molecule has 1 aliphatic carbocycles. The molecular weight excluding hydrogens is 261 g/mol. The highest BCUT2D eigenvalue weighted by Gasteiger charge is 2.23. The van der Waals surface area contributed by atoms with Gasteiger partial charge in [0.2, 0.25) is 0 Å². The molecule has 0 amide bonds. The maximum Gasteiger partial charge on any atom is 0.131 e. The number of halogens is 1. The minimum absolute atomic E-state index is 0.120. The fourth-order valence-electron chi connectivity index (χ4n) is 3.08. The van der Waals surface area contributed by atoms with Crippen LogP contribution >= 0.6 is 0 Å². The minimum Gasteiger partial charge on any atom is -0.310 e. The predicted molar refractivity (Wildman–Crippen MR) is 86.9 cm³/mol. The van der Waals surface area contributed by atoms with Gasteiger partial charge in [-0.2, -0.15) is 0 Å². The third-order valence-electron chi connectivity index (χ3n) is 4.48. The van der Waals surface area contributed by atoms with E-state index in [4.69, 9.17) is 0 Å². The predicted octanol–water partition coefficient (Wildman–Crippen LogP) is 5.21. The van der Waals surface area contributed by atoms with E-state index in [1.54, 1.807) is 6.07 Å². The van der Waals surface area contributed by atoms with Crippen molar-refractivity contribution >= 4 is 10.8 Å². The molecule has 1 aliphatic rings. The van der Waals surface area contributed by atoms with Crippen LogP contribution in [0.25, 0.3) is 10.8 Å². The Hall–Kier alpha value is -1.41. The summed E-state index contributed by atoms with van der Waals surface area (Å²) in [7, 11) is 0. The molecule has 0 radical (unpaired) electrons. The van der Waals surface area contributed by atoms with Crippen LogP contribution in [-0.2, 0) is 0 Å². The van der Waals surface area contributed by atoms with Gasteiger partial charge < -0.3 is 5.32 Å². The van der Waals surface area contributed by atoms with Gasteiger partial charge in [-0.1, -0.05) is 50.1 Å². The standard InChI is InChI=1S/C19H24FN/c1-2-13-21-19(12-9-14-7-8-14)17-10-11-18(20)16-6-4-3-5-15(16)17/h3-6,10-11,14,19,21H,2,7-9,12-13H2,1H3. The first-order valence-corrected chi connectivity index (χ1v) is 8.20. The van der Waals surface area contributed by atoms with E-state index in [-0.39, 0.29) is 5.82 Å². The van der Waals surface area contributed by atoms with E-state index >= 15 is 0 Å². The molecule has 1 fully saturated rings. The number of benzene rings is 2. The maximum atomic E-state index is 14.0. The first kappa shape index (κ1) is 14.5. The molecule has 1 atom stereocenters. The molecular formula is C19H24FN. The minimum atomic E-state index is -0.120. The summed E-state index contributed by atoms with van der Waals surface area (Å²) in [6.07, 6.45) is 6.35. The zero-order valence-electron chi connectivity index (χ0n) is 12.7. The molecule has 0 aliphatic heterocycles. The Morgan fingerprint density at radius 1 is 1.14 bits per heavy atom. The Labute approximate surface area is 126 Å². The quantitative estimate of drug-likeness (QED) is 0.736. The lowest BCUT2D eigenvalue weighted by Gasteiger charge is -2.21. The van der Waals surface area contributed by atoms with Crippen molar-refractivity contribution in [2.24, 2.45) is 5.92 Å². The van der Waals surface area contributed by atoms with Gasteiger partial charge in [-0.15, -0.1) is 0 Å². The van der Waals surface area contributed by atoms with Crippen LogP contribution in [0.5, 0.6) is 0 Å². The van der Waals surface area contributed by atoms with Gasteiger partial charge in [-0.25, -0.2) is 4.39 Å². The molecule has 3 rings (SSSR count). The van der Waals surface area contributed by atoms with Gasteiger partial charge in [-0.05, 0) is 48.7 Å². The molecule has 0 heterocycles. The van der Waals surface area contributed by atoms with Crippen molar-refractivity contribution in [1.82, 2.24) is 5.32 Å². The zero-order valence-corrected chi connectivity index (χ0v) is 12.7. The number of hydrogen-bond acceptors (Lipinski definition) is 1. The molecule has 0 spiro atoms. The van der Waals surface area contributed by atoms with Crippen molar-refractivity contribution in [3.05, 3.63) is 47.8 Å². The maximum absolute atomic E-state index is 14.0. The fourth-order valence-corrected chi connectivity index (χ4v) is 3.08. The average molecular weight is 285 g/mol. The lowest BCUT2D eigenvalue weighted by molar-refractivity contribution is 0.472. The summed E-state index contributed by atoms with van der Waals surface area (Å²) in [5.41, 5.74) is 1.25. The highest BCUT2D eigenvalue weighted by atomic mass is 19.1. The highest BCUT2D eigenvalue weighted by Crippen LogP contribution is 2.37. The summed E-state index contributed by atoms with van der Waals surface area (Å²) in [6.45, 7) is 3.20. The third-order valence-corrected chi connectivity index (χ3v) is 4.48. The van der Waals surface area contributed by atoms with Crippen LogP contribution in [0.15, 0.2) is 36.4 Å². The van der Waals surface area contributed by atoms with Gasteiger partial charge in [0.05, 0.1) is 0 Å². The van der Waals surface area contributed by atoms with Crippen molar-refractivity contribution in [3.63, 3.8) is 0 Å². The molecule has 0 bridgehead atoms. The summed E-state index contributed by atoms with van der Waals surface area (Å²) in [4.78, 5) is 0. The molecule has 1 unspecified atom stereocenters. The van der Waals surface area contributed by atoms with Gasteiger partial charge in [0.25, 0.3) is 0 Å². The van der Waals surface area contributed by atoms with Crippen LogP contribution in [-0.4, -0.2) is 6.54 Å². The van der Waals surface area contributed by atoms with E-state index in [0.717, 1.165) is 36.1 Å². The van der Waals surface area contributed by atoms with Crippen LogP contribution in [0.4, 0.5) is 4.39 Å². The number of fused-ring (bicyclic) bond motifs is 1. The molecule has 1 N–H and O–H groups in total. The van der Waals surface area contributed by atoms with Crippen LogP contribution in [0.3, 0.4) is 0 Å². The summed E-state index contributed by atoms with van der Waals surface area (Å²) < 4.78 is 14.0. The van der Waals surface area contributed by atoms with E-state index in [2.05, 4.69) is 12.2 Å². The second-order valence-corrected chi connectivity index (χ2v) is 6.21. The topological polar surface area (TPSA) is 12.0 Å². The molecule has 2 aromatic carbocycles. The molecule has 2 aromatic rings. The lowest BCUT2D eigenvalue weighted by atomic mass is 9.94. The smallest absolute Gasteiger partial charge is 0.131 e. The normalized spacial score (nSPS) is 16.3. The average Bonchev–Trinajstić information content (AvgIpc) is 3.33. The first-order chi connectivity index (χ1) is 10.3. The second-order valence-electron chi connectivity index (χ2n) is 6.21. The van der Waals surface area contributed by atoms with Crippen LogP contribution in [0, 0.1) is 11.7 Å². The van der Waals surface area contributed by atoms with Crippen molar-refractivity contribution in [3.8, 4) is 0 Å². The highest BCUT2D eigenvalue weighted by molar-refractivity contribution is 5.86. The number of nitrogens with one attached hydrogen (secondary N) is 1. The molecule has 1 nitrogen and oxygen atoms in total. The Balaban J connectivity index is 1.90. The van der Waals surface area contributed by atoms with Gasteiger partial charge in [0, 0.05) is 11.4 Å². The van der Waals surface area contributed by atoms with E-state index < -0.39 is 0 Å². The summed E-state index contributed by atoms with van der Waals surface area (Å²) in [6, 6.07) is 11.8. The van der Waals surface area contributed by atoms with E-state index in [1.807, 2.05) is 30.3 Å². The zero-order chi connectivity index (χ0) is 14.7. The van der Waals surface area contributed by atoms with Crippen molar-refractivity contribution in [1.29, 1.82) is 0 Å². The number of rotatable bonds is 7. The summed E-state index contributed by atoms with van der Waals surface area (Å²) >= 11 is 0. The third kappa shape index (κ3) is 3.44. The van der Waals surface area contributed by atoms with Crippen molar-refractivity contribution in [2.45, 2.75) is 45.1 Å². The lowest BCUT2D eigenvalue weighted by Crippen LogP contribution is -2.22. The number of hydrogen-bond donors (Lipinski definition) is 1. The van der Waals surface area contributed by atoms with Crippen LogP contribution < -0.4 is 5.32 Å². The van der Waals surface area contributed by atoms with Crippen molar-refractivity contribution in [2.75, 3.05) is 6.54 Å². The van der Waals surface area contributed by atoms with E-state index in [1.165, 1.54) is 24.8 Å². The summed E-state index contributed by atoms with van der Waals surface area (Å²) in [5, 5.41) is 5.46.